The number of amides is 1. The molecule has 2 aliphatic rings. The van der Waals surface area contributed by atoms with Crippen LogP contribution in [0.25, 0.3) is 0 Å². The predicted molar refractivity (Wildman–Crippen MR) is 107 cm³/mol. The Morgan fingerprint density at radius 1 is 1.30 bits per heavy atom. The summed E-state index contributed by atoms with van der Waals surface area (Å²) < 4.78 is 16.2. The van der Waals surface area contributed by atoms with E-state index in [2.05, 4.69) is 17.1 Å². The zero-order chi connectivity index (χ0) is 19.2. The summed E-state index contributed by atoms with van der Waals surface area (Å²) in [6.07, 6.45) is 2.23. The Morgan fingerprint density at radius 2 is 2.04 bits per heavy atom. The summed E-state index contributed by atoms with van der Waals surface area (Å²) in [7, 11) is 0. The van der Waals surface area contributed by atoms with Crippen LogP contribution in [0.5, 0.6) is 11.5 Å². The van der Waals surface area contributed by atoms with Gasteiger partial charge in [-0.25, -0.2) is 0 Å². The lowest BCUT2D eigenvalue weighted by Crippen LogP contribution is -2.35. The first kappa shape index (κ1) is 19.8. The number of piperidine rings is 1. The fourth-order valence-corrected chi connectivity index (χ4v) is 3.81. The van der Waals surface area contributed by atoms with Crippen LogP contribution in [0.3, 0.4) is 0 Å². The van der Waals surface area contributed by atoms with E-state index in [9.17, 15) is 9.59 Å². The molecule has 0 bridgehead atoms. The lowest BCUT2D eigenvalue weighted by atomic mass is 10.00. The van der Waals surface area contributed by atoms with E-state index in [1.54, 1.807) is 18.2 Å². The van der Waals surface area contributed by atoms with Crippen molar-refractivity contribution in [3.63, 3.8) is 0 Å². The number of esters is 1. The molecule has 0 aromatic heterocycles. The Bertz CT molecular complexity index is 720. The van der Waals surface area contributed by atoms with Crippen molar-refractivity contribution in [2.75, 3.05) is 37.6 Å². The van der Waals surface area contributed by atoms with Crippen LogP contribution in [-0.2, 0) is 14.3 Å². The summed E-state index contributed by atoms with van der Waals surface area (Å²) in [5.74, 6) is 1.15. The van der Waals surface area contributed by atoms with E-state index < -0.39 is 11.9 Å². The first-order valence-electron chi connectivity index (χ1n) is 8.78. The number of rotatable bonds is 5. The zero-order valence-electron chi connectivity index (χ0n) is 15.1. The summed E-state index contributed by atoms with van der Waals surface area (Å²) in [4.78, 5) is 25.9. The molecule has 3 rings (SSSR count). The highest BCUT2D eigenvalue weighted by Gasteiger charge is 2.19. The SMILES string of the molecule is CC1CCN(C(=S)SCC(=O)OCC(=O)Nc2ccc3c(c2)OCO3)CC1. The van der Waals surface area contributed by atoms with E-state index >= 15 is 0 Å². The normalized spacial score (nSPS) is 16.1. The summed E-state index contributed by atoms with van der Waals surface area (Å²) in [6, 6.07) is 5.07. The van der Waals surface area contributed by atoms with Gasteiger partial charge in [0.05, 0.1) is 5.75 Å². The van der Waals surface area contributed by atoms with Crippen molar-refractivity contribution in [1.82, 2.24) is 4.90 Å². The van der Waals surface area contributed by atoms with E-state index in [1.165, 1.54) is 11.8 Å². The Kier molecular flexibility index (Phi) is 6.78. The van der Waals surface area contributed by atoms with Gasteiger partial charge < -0.3 is 24.4 Å². The molecule has 1 aromatic carbocycles. The maximum absolute atomic E-state index is 11.9. The lowest BCUT2D eigenvalue weighted by molar-refractivity contribution is -0.144. The van der Waals surface area contributed by atoms with Crippen LogP contribution in [-0.4, -0.2) is 53.3 Å². The van der Waals surface area contributed by atoms with Gasteiger partial charge in [-0.3, -0.25) is 9.59 Å². The molecule has 7 nitrogen and oxygen atoms in total. The second-order valence-corrected chi connectivity index (χ2v) is 8.11. The average Bonchev–Trinajstić information content (AvgIpc) is 3.13. The first-order valence-corrected chi connectivity index (χ1v) is 10.2. The molecule has 1 amide bonds. The number of benzene rings is 1. The number of fused-ring (bicyclic) bond motifs is 1. The minimum absolute atomic E-state index is 0.0994. The third-order valence-electron chi connectivity index (χ3n) is 4.38. The van der Waals surface area contributed by atoms with Gasteiger partial charge in [0.2, 0.25) is 6.79 Å². The Hall–Kier alpha value is -2.00. The van der Waals surface area contributed by atoms with Crippen molar-refractivity contribution in [3.05, 3.63) is 18.2 Å². The number of hydrogen-bond acceptors (Lipinski definition) is 7. The van der Waals surface area contributed by atoms with Gasteiger partial charge >= 0.3 is 5.97 Å². The molecule has 1 aromatic rings. The Labute approximate surface area is 167 Å². The van der Waals surface area contributed by atoms with Gasteiger partial charge in [0.25, 0.3) is 5.91 Å². The van der Waals surface area contributed by atoms with E-state index in [0.29, 0.717) is 21.5 Å². The van der Waals surface area contributed by atoms with E-state index in [0.717, 1.165) is 31.8 Å². The van der Waals surface area contributed by atoms with Crippen molar-refractivity contribution in [3.8, 4) is 11.5 Å². The van der Waals surface area contributed by atoms with E-state index in [-0.39, 0.29) is 19.2 Å². The number of nitrogens with one attached hydrogen (secondary N) is 1. The number of thiocarbonyl (C=S) groups is 1. The Morgan fingerprint density at radius 3 is 2.81 bits per heavy atom. The smallest absolute Gasteiger partial charge is 0.316 e. The molecule has 1 N–H and O–H groups in total. The van der Waals surface area contributed by atoms with Crippen molar-refractivity contribution < 1.29 is 23.8 Å². The predicted octanol–water partition coefficient (Wildman–Crippen LogP) is 2.65. The maximum Gasteiger partial charge on any atom is 0.316 e. The molecular weight excluding hydrogens is 388 g/mol. The molecule has 9 heteroatoms. The quantitative estimate of drug-likeness (QED) is 0.586. The van der Waals surface area contributed by atoms with Crippen LogP contribution in [0.4, 0.5) is 5.69 Å². The highest BCUT2D eigenvalue weighted by Crippen LogP contribution is 2.34. The second kappa shape index (κ2) is 9.27. The largest absolute Gasteiger partial charge is 0.455 e. The highest BCUT2D eigenvalue weighted by molar-refractivity contribution is 8.23. The van der Waals surface area contributed by atoms with Gasteiger partial charge in [0.15, 0.2) is 18.1 Å². The molecule has 0 saturated carbocycles. The number of carbonyl (C=O) groups excluding carboxylic acids is 2. The van der Waals surface area contributed by atoms with Crippen LogP contribution in [0.2, 0.25) is 0 Å². The molecule has 27 heavy (non-hydrogen) atoms. The summed E-state index contributed by atoms with van der Waals surface area (Å²) in [5, 5.41) is 2.66. The van der Waals surface area contributed by atoms with Crippen LogP contribution in [0.15, 0.2) is 18.2 Å². The van der Waals surface area contributed by atoms with Gasteiger partial charge in [-0.1, -0.05) is 30.9 Å². The van der Waals surface area contributed by atoms with Gasteiger partial charge in [-0.15, -0.1) is 0 Å². The van der Waals surface area contributed by atoms with Crippen molar-refractivity contribution in [1.29, 1.82) is 0 Å². The molecule has 2 aliphatic heterocycles. The van der Waals surface area contributed by atoms with Gasteiger partial charge in [-0.2, -0.15) is 0 Å². The lowest BCUT2D eigenvalue weighted by Gasteiger charge is -2.31. The molecule has 146 valence electrons. The van der Waals surface area contributed by atoms with Crippen molar-refractivity contribution in [2.45, 2.75) is 19.8 Å². The molecule has 1 saturated heterocycles. The topological polar surface area (TPSA) is 77.1 Å². The van der Waals surface area contributed by atoms with Crippen LogP contribution < -0.4 is 14.8 Å². The van der Waals surface area contributed by atoms with Crippen LogP contribution >= 0.6 is 24.0 Å². The monoisotopic (exact) mass is 410 g/mol. The van der Waals surface area contributed by atoms with Crippen molar-refractivity contribution >= 4 is 45.9 Å². The molecule has 0 spiro atoms. The van der Waals surface area contributed by atoms with Crippen LogP contribution in [0, 0.1) is 5.92 Å². The van der Waals surface area contributed by atoms with Gasteiger partial charge in [-0.05, 0) is 30.9 Å². The molecule has 0 radical (unpaired) electrons. The number of ether oxygens (including phenoxy) is 3. The summed E-state index contributed by atoms with van der Waals surface area (Å²) in [5.41, 5.74) is 0.551. The molecule has 0 atom stereocenters. The van der Waals surface area contributed by atoms with Gasteiger partial charge in [0.1, 0.15) is 4.32 Å². The molecule has 0 aliphatic carbocycles. The number of carbonyl (C=O) groups is 2. The first-order chi connectivity index (χ1) is 13.0. The number of anilines is 1. The van der Waals surface area contributed by atoms with Crippen LogP contribution in [0.1, 0.15) is 19.8 Å². The molecule has 2 heterocycles. The summed E-state index contributed by atoms with van der Waals surface area (Å²) >= 11 is 6.65. The third kappa shape index (κ3) is 5.74. The molecular formula is C18H22N2O5S2. The van der Waals surface area contributed by atoms with E-state index in [1.807, 2.05) is 0 Å². The number of thioether (sulfide) groups is 1. The second-order valence-electron chi connectivity index (χ2n) is 6.50. The molecule has 1 fully saturated rings. The fraction of sp³-hybridized carbons (Fsp3) is 0.500. The standard InChI is InChI=1S/C18H22N2O5S2/c1-12-4-6-20(7-5-12)18(26)27-10-17(22)23-9-16(21)19-13-2-3-14-15(8-13)25-11-24-14/h2-3,8,12H,4-7,9-11H2,1H3,(H,19,21). The Balaban J connectivity index is 1.35. The fourth-order valence-electron chi connectivity index (χ4n) is 2.76. The minimum atomic E-state index is -0.464. The van der Waals surface area contributed by atoms with Gasteiger partial charge in [0, 0.05) is 24.8 Å². The van der Waals surface area contributed by atoms with Crippen molar-refractivity contribution in [2.24, 2.45) is 5.92 Å². The average molecular weight is 411 g/mol. The minimum Gasteiger partial charge on any atom is -0.455 e. The maximum atomic E-state index is 11.9. The number of likely N-dealkylation sites (tertiary alicyclic amines) is 1. The molecule has 0 unspecified atom stereocenters. The number of hydrogen-bond donors (Lipinski definition) is 1. The third-order valence-corrected chi connectivity index (χ3v) is 5.87. The number of nitrogens with zero attached hydrogens (tertiary/aromatic N) is 1. The van der Waals surface area contributed by atoms with E-state index in [4.69, 9.17) is 26.4 Å². The highest BCUT2D eigenvalue weighted by atomic mass is 32.2. The summed E-state index contributed by atoms with van der Waals surface area (Å²) in [6.45, 7) is 3.92. The zero-order valence-corrected chi connectivity index (χ0v) is 16.7.